The van der Waals surface area contributed by atoms with E-state index in [-0.39, 0.29) is 23.6 Å². The standard InChI is InChI=1S/C26H21ClF3N3O2/c1-31-14-16-3-7-18(8-4-16)24-22(35-15-17-5-9-19(27)10-6-17)12-11-20(25(24)34)21-13-23(26(28,29)30)32-33(21)2/h3-14,34H,15H2,1-2H3. The predicted octanol–water partition coefficient (Wildman–Crippen LogP) is 6.76. The van der Waals surface area contributed by atoms with Crippen LogP contribution in [0, 0.1) is 0 Å². The third-order valence-electron chi connectivity index (χ3n) is 5.37. The Labute approximate surface area is 205 Å². The number of aliphatic imine (C=N–C) groups is 1. The van der Waals surface area contributed by atoms with Crippen molar-refractivity contribution in [3.05, 3.63) is 88.6 Å². The fourth-order valence-electron chi connectivity index (χ4n) is 3.66. The molecule has 3 aromatic carbocycles. The maximum Gasteiger partial charge on any atom is 0.435 e. The van der Waals surface area contributed by atoms with Crippen LogP contribution in [0.2, 0.25) is 5.02 Å². The maximum atomic E-state index is 13.2. The van der Waals surface area contributed by atoms with Crippen molar-refractivity contribution in [2.24, 2.45) is 12.0 Å². The number of phenolic OH excluding ortho intramolecular Hbond substituents is 1. The Morgan fingerprint density at radius 1 is 1.06 bits per heavy atom. The van der Waals surface area contributed by atoms with Gasteiger partial charge in [0.15, 0.2) is 5.69 Å². The van der Waals surface area contributed by atoms with E-state index in [1.165, 1.54) is 13.1 Å². The number of hydrogen-bond acceptors (Lipinski definition) is 4. The average molecular weight is 500 g/mol. The normalized spacial score (nSPS) is 11.8. The van der Waals surface area contributed by atoms with E-state index >= 15 is 0 Å². The van der Waals surface area contributed by atoms with Crippen LogP contribution in [-0.2, 0) is 19.8 Å². The van der Waals surface area contributed by atoms with Crippen molar-refractivity contribution in [3.8, 4) is 33.9 Å². The highest BCUT2D eigenvalue weighted by molar-refractivity contribution is 6.30. The fourth-order valence-corrected chi connectivity index (χ4v) is 3.79. The van der Waals surface area contributed by atoms with Gasteiger partial charge in [0.25, 0.3) is 0 Å². The second-order valence-electron chi connectivity index (χ2n) is 7.80. The summed E-state index contributed by atoms with van der Waals surface area (Å²) < 4.78 is 46.8. The van der Waals surface area contributed by atoms with Gasteiger partial charge in [-0.05, 0) is 47.0 Å². The van der Waals surface area contributed by atoms with Gasteiger partial charge in [0.2, 0.25) is 0 Å². The first-order valence-electron chi connectivity index (χ1n) is 10.5. The highest BCUT2D eigenvalue weighted by atomic mass is 35.5. The number of halogens is 4. The summed E-state index contributed by atoms with van der Waals surface area (Å²) in [5.41, 5.74) is 1.98. The molecule has 1 aromatic heterocycles. The number of aromatic nitrogens is 2. The quantitative estimate of drug-likeness (QED) is 0.298. The number of phenols is 1. The fraction of sp³-hybridized carbons (Fsp3) is 0.154. The lowest BCUT2D eigenvalue weighted by molar-refractivity contribution is -0.141. The Balaban J connectivity index is 1.80. The molecule has 1 heterocycles. The summed E-state index contributed by atoms with van der Waals surface area (Å²) in [5, 5.41) is 15.4. The molecule has 0 spiro atoms. The molecule has 0 radical (unpaired) electrons. The van der Waals surface area contributed by atoms with Crippen molar-refractivity contribution in [3.63, 3.8) is 0 Å². The van der Waals surface area contributed by atoms with Gasteiger partial charge in [-0.3, -0.25) is 9.67 Å². The summed E-state index contributed by atoms with van der Waals surface area (Å²) in [7, 11) is 3.06. The second kappa shape index (κ2) is 9.84. The van der Waals surface area contributed by atoms with E-state index < -0.39 is 11.9 Å². The van der Waals surface area contributed by atoms with E-state index in [2.05, 4.69) is 10.1 Å². The first kappa shape index (κ1) is 24.3. The summed E-state index contributed by atoms with van der Waals surface area (Å²) in [6.07, 6.45) is -2.92. The number of nitrogens with zero attached hydrogens (tertiary/aromatic N) is 3. The Kier molecular flexibility index (Phi) is 6.84. The molecule has 0 atom stereocenters. The number of aromatic hydroxyl groups is 1. The molecule has 0 saturated carbocycles. The van der Waals surface area contributed by atoms with Crippen molar-refractivity contribution >= 4 is 17.8 Å². The van der Waals surface area contributed by atoms with E-state index in [1.807, 2.05) is 24.3 Å². The van der Waals surface area contributed by atoms with Gasteiger partial charge in [-0.1, -0.05) is 48.0 Å². The minimum absolute atomic E-state index is 0.120. The highest BCUT2D eigenvalue weighted by Gasteiger charge is 2.35. The molecule has 5 nitrogen and oxygen atoms in total. The molecule has 0 amide bonds. The molecule has 180 valence electrons. The number of alkyl halides is 3. The lowest BCUT2D eigenvalue weighted by Crippen LogP contribution is -2.06. The molecule has 0 aliphatic carbocycles. The summed E-state index contributed by atoms with van der Waals surface area (Å²) in [6.45, 7) is 0.202. The Morgan fingerprint density at radius 2 is 1.74 bits per heavy atom. The van der Waals surface area contributed by atoms with Crippen LogP contribution in [0.1, 0.15) is 16.8 Å². The Morgan fingerprint density at radius 3 is 2.34 bits per heavy atom. The summed E-state index contributed by atoms with van der Waals surface area (Å²) in [4.78, 5) is 3.99. The molecule has 35 heavy (non-hydrogen) atoms. The van der Waals surface area contributed by atoms with Gasteiger partial charge in [-0.25, -0.2) is 0 Å². The van der Waals surface area contributed by atoms with Gasteiger partial charge >= 0.3 is 6.18 Å². The predicted molar refractivity (Wildman–Crippen MR) is 130 cm³/mol. The van der Waals surface area contributed by atoms with Crippen LogP contribution in [0.5, 0.6) is 11.5 Å². The lowest BCUT2D eigenvalue weighted by Gasteiger charge is -2.17. The first-order chi connectivity index (χ1) is 16.7. The molecule has 0 fully saturated rings. The second-order valence-corrected chi connectivity index (χ2v) is 8.23. The van der Waals surface area contributed by atoms with Crippen LogP contribution >= 0.6 is 11.6 Å². The van der Waals surface area contributed by atoms with E-state index in [4.69, 9.17) is 16.3 Å². The largest absolute Gasteiger partial charge is 0.506 e. The Hall–Kier alpha value is -3.78. The zero-order chi connectivity index (χ0) is 25.2. The molecule has 0 aliphatic rings. The van der Waals surface area contributed by atoms with Gasteiger partial charge < -0.3 is 9.84 Å². The van der Waals surface area contributed by atoms with Crippen LogP contribution in [0.3, 0.4) is 0 Å². The maximum absolute atomic E-state index is 13.2. The van der Waals surface area contributed by atoms with Crippen molar-refractivity contribution in [2.75, 3.05) is 7.05 Å². The van der Waals surface area contributed by atoms with Crippen molar-refractivity contribution < 1.29 is 23.0 Å². The molecular formula is C26H21ClF3N3O2. The van der Waals surface area contributed by atoms with Gasteiger partial charge in [0.1, 0.15) is 18.1 Å². The number of ether oxygens (including phenoxy) is 1. The molecular weight excluding hydrogens is 479 g/mol. The molecule has 4 aromatic rings. The van der Waals surface area contributed by atoms with E-state index in [9.17, 15) is 18.3 Å². The molecule has 0 bridgehead atoms. The molecule has 9 heteroatoms. The minimum atomic E-state index is -4.60. The highest BCUT2D eigenvalue weighted by Crippen LogP contribution is 2.45. The topological polar surface area (TPSA) is 59.6 Å². The number of benzene rings is 3. The van der Waals surface area contributed by atoms with Gasteiger partial charge in [-0.15, -0.1) is 0 Å². The van der Waals surface area contributed by atoms with Crippen molar-refractivity contribution in [1.29, 1.82) is 0 Å². The summed E-state index contributed by atoms with van der Waals surface area (Å²) in [6, 6.07) is 18.4. The van der Waals surface area contributed by atoms with Gasteiger partial charge in [0.05, 0.1) is 11.3 Å². The van der Waals surface area contributed by atoms with Crippen LogP contribution in [0.4, 0.5) is 13.2 Å². The van der Waals surface area contributed by atoms with E-state index in [0.29, 0.717) is 21.9 Å². The number of hydrogen-bond donors (Lipinski definition) is 1. The van der Waals surface area contributed by atoms with Crippen LogP contribution in [0.15, 0.2) is 71.7 Å². The monoisotopic (exact) mass is 499 g/mol. The first-order valence-corrected chi connectivity index (χ1v) is 10.9. The van der Waals surface area contributed by atoms with Crippen LogP contribution in [0.25, 0.3) is 22.4 Å². The molecule has 0 unspecified atom stereocenters. The average Bonchev–Trinajstić information content (AvgIpc) is 3.22. The van der Waals surface area contributed by atoms with Crippen molar-refractivity contribution in [1.82, 2.24) is 9.78 Å². The zero-order valence-corrected chi connectivity index (χ0v) is 19.6. The third-order valence-corrected chi connectivity index (χ3v) is 5.62. The van der Waals surface area contributed by atoms with Gasteiger partial charge in [0, 0.05) is 30.9 Å². The van der Waals surface area contributed by atoms with Crippen LogP contribution < -0.4 is 4.74 Å². The van der Waals surface area contributed by atoms with Crippen molar-refractivity contribution in [2.45, 2.75) is 12.8 Å². The molecule has 1 N–H and O–H groups in total. The Bertz CT molecular complexity index is 1360. The lowest BCUT2D eigenvalue weighted by atomic mass is 9.97. The number of rotatable bonds is 6. The third kappa shape index (κ3) is 5.33. The summed E-state index contributed by atoms with van der Waals surface area (Å²) >= 11 is 5.95. The van der Waals surface area contributed by atoms with Crippen LogP contribution in [-0.4, -0.2) is 28.1 Å². The van der Waals surface area contributed by atoms with E-state index in [1.54, 1.807) is 43.6 Å². The smallest absolute Gasteiger partial charge is 0.435 e. The summed E-state index contributed by atoms with van der Waals surface area (Å²) in [5.74, 6) is 0.156. The van der Waals surface area contributed by atoms with E-state index in [0.717, 1.165) is 21.9 Å². The number of aryl methyl sites for hydroxylation is 1. The van der Waals surface area contributed by atoms with Gasteiger partial charge in [-0.2, -0.15) is 18.3 Å². The SMILES string of the molecule is CN=Cc1ccc(-c2c(OCc3ccc(Cl)cc3)ccc(-c3cc(C(F)(F)F)nn3C)c2O)cc1. The minimum Gasteiger partial charge on any atom is -0.506 e. The molecule has 0 aliphatic heterocycles. The molecule has 0 saturated heterocycles. The zero-order valence-electron chi connectivity index (χ0n) is 18.8. The molecule has 4 rings (SSSR count).